The molecule has 0 aliphatic carbocycles. The Hall–Kier alpha value is 0.210. The number of hydrogen-bond donors (Lipinski definition) is 0. The van der Waals surface area contributed by atoms with Crippen molar-refractivity contribution in [3.8, 4) is 0 Å². The van der Waals surface area contributed by atoms with E-state index in [0.29, 0.717) is 18.0 Å². The van der Waals surface area contributed by atoms with Gasteiger partial charge >= 0.3 is 0 Å². The number of hydrogen-bond acceptors (Lipinski definition) is 2. The minimum absolute atomic E-state index is 0.222. The molecular weight excluding hydrogens is 186 g/mol. The molecule has 3 atom stereocenters. The summed E-state index contributed by atoms with van der Waals surface area (Å²) < 4.78 is 5.69. The van der Waals surface area contributed by atoms with Crippen LogP contribution in [0, 0.1) is 0 Å². The minimum atomic E-state index is 0.222. The smallest absolute Gasteiger partial charge is 0.0841 e. The fourth-order valence-electron chi connectivity index (χ4n) is 1.78. The zero-order valence-corrected chi connectivity index (χ0v) is 9.55. The number of halogens is 1. The summed E-state index contributed by atoms with van der Waals surface area (Å²) >= 11 is 5.81. The molecule has 1 aliphatic heterocycles. The van der Waals surface area contributed by atoms with Gasteiger partial charge in [0.15, 0.2) is 0 Å². The fraction of sp³-hybridized carbons (Fsp3) is 1.00. The first-order valence-corrected chi connectivity index (χ1v) is 5.66. The molecule has 13 heavy (non-hydrogen) atoms. The van der Waals surface area contributed by atoms with Crippen molar-refractivity contribution in [1.29, 1.82) is 0 Å². The highest BCUT2D eigenvalue weighted by molar-refractivity contribution is 6.18. The van der Waals surface area contributed by atoms with Gasteiger partial charge in [0.25, 0.3) is 0 Å². The minimum Gasteiger partial charge on any atom is -0.371 e. The van der Waals surface area contributed by atoms with E-state index in [1.54, 1.807) is 0 Å². The molecular formula is C10H20ClNO. The van der Waals surface area contributed by atoms with E-state index in [1.165, 1.54) is 6.42 Å². The van der Waals surface area contributed by atoms with Gasteiger partial charge < -0.3 is 4.74 Å². The Morgan fingerprint density at radius 1 is 1.54 bits per heavy atom. The summed E-state index contributed by atoms with van der Waals surface area (Å²) in [4.78, 5) is 2.47. The summed E-state index contributed by atoms with van der Waals surface area (Å²) in [6.45, 7) is 8.64. The standard InChI is InChI=1S/C10H20ClNO/c1-4-8(2)12-6-9(3)13-10(5-11)7-12/h8-10H,4-7H2,1-3H3. The Morgan fingerprint density at radius 2 is 2.23 bits per heavy atom. The van der Waals surface area contributed by atoms with Crippen LogP contribution in [0.1, 0.15) is 27.2 Å². The van der Waals surface area contributed by atoms with Crippen LogP contribution in [0.4, 0.5) is 0 Å². The molecule has 0 aromatic rings. The molecule has 1 aliphatic rings. The van der Waals surface area contributed by atoms with E-state index in [0.717, 1.165) is 13.1 Å². The molecule has 3 unspecified atom stereocenters. The molecule has 0 bridgehead atoms. The van der Waals surface area contributed by atoms with Crippen LogP contribution < -0.4 is 0 Å². The molecule has 2 nitrogen and oxygen atoms in total. The van der Waals surface area contributed by atoms with E-state index >= 15 is 0 Å². The molecule has 0 saturated carbocycles. The molecule has 1 saturated heterocycles. The van der Waals surface area contributed by atoms with Crippen molar-refractivity contribution in [3.05, 3.63) is 0 Å². The Bertz CT molecular complexity index is 154. The number of morpholine rings is 1. The lowest BCUT2D eigenvalue weighted by molar-refractivity contribution is -0.0771. The van der Waals surface area contributed by atoms with Crippen LogP contribution in [0.5, 0.6) is 0 Å². The predicted octanol–water partition coefficient (Wildman–Crippen LogP) is 2.11. The maximum Gasteiger partial charge on any atom is 0.0841 e. The molecule has 0 aromatic carbocycles. The number of alkyl halides is 1. The van der Waals surface area contributed by atoms with Gasteiger partial charge in [-0.3, -0.25) is 4.90 Å². The highest BCUT2D eigenvalue weighted by atomic mass is 35.5. The van der Waals surface area contributed by atoms with Crippen LogP contribution in [0.15, 0.2) is 0 Å². The van der Waals surface area contributed by atoms with E-state index in [1.807, 2.05) is 0 Å². The van der Waals surface area contributed by atoms with E-state index < -0.39 is 0 Å². The maximum absolute atomic E-state index is 5.81. The first-order chi connectivity index (χ1) is 6.17. The summed E-state index contributed by atoms with van der Waals surface area (Å²) in [5.74, 6) is 0.608. The Labute approximate surface area is 86.2 Å². The van der Waals surface area contributed by atoms with Gasteiger partial charge in [0.2, 0.25) is 0 Å². The van der Waals surface area contributed by atoms with E-state index in [9.17, 15) is 0 Å². The first kappa shape index (κ1) is 11.3. The second-order valence-corrected chi connectivity index (χ2v) is 4.24. The van der Waals surface area contributed by atoms with Crippen molar-refractivity contribution in [2.75, 3.05) is 19.0 Å². The number of ether oxygens (including phenoxy) is 1. The molecule has 78 valence electrons. The lowest BCUT2D eigenvalue weighted by Gasteiger charge is -2.39. The molecule has 0 spiro atoms. The lowest BCUT2D eigenvalue weighted by Crippen LogP contribution is -2.50. The predicted molar refractivity (Wildman–Crippen MR) is 56.4 cm³/mol. The molecule has 0 amide bonds. The van der Waals surface area contributed by atoms with Gasteiger partial charge in [0.05, 0.1) is 12.2 Å². The van der Waals surface area contributed by atoms with Gasteiger partial charge in [-0.25, -0.2) is 0 Å². The van der Waals surface area contributed by atoms with Crippen molar-refractivity contribution in [2.24, 2.45) is 0 Å². The van der Waals surface area contributed by atoms with Crippen LogP contribution in [0.3, 0.4) is 0 Å². The first-order valence-electron chi connectivity index (χ1n) is 5.12. The largest absolute Gasteiger partial charge is 0.371 e. The van der Waals surface area contributed by atoms with Gasteiger partial charge in [0, 0.05) is 25.0 Å². The van der Waals surface area contributed by atoms with Crippen molar-refractivity contribution < 1.29 is 4.74 Å². The summed E-state index contributed by atoms with van der Waals surface area (Å²) in [5, 5.41) is 0. The summed E-state index contributed by atoms with van der Waals surface area (Å²) in [6, 6.07) is 0.650. The van der Waals surface area contributed by atoms with Gasteiger partial charge in [-0.1, -0.05) is 6.92 Å². The Balaban J connectivity index is 2.46. The second kappa shape index (κ2) is 5.18. The number of rotatable bonds is 3. The molecule has 3 heteroatoms. The van der Waals surface area contributed by atoms with Gasteiger partial charge in [-0.2, -0.15) is 0 Å². The van der Waals surface area contributed by atoms with Crippen molar-refractivity contribution in [3.63, 3.8) is 0 Å². The van der Waals surface area contributed by atoms with Crippen molar-refractivity contribution in [1.82, 2.24) is 4.90 Å². The SMILES string of the molecule is CCC(C)N1CC(C)OC(CCl)C1. The fourth-order valence-corrected chi connectivity index (χ4v) is 1.95. The molecule has 0 N–H and O–H groups in total. The van der Waals surface area contributed by atoms with Crippen LogP contribution >= 0.6 is 11.6 Å². The monoisotopic (exact) mass is 205 g/mol. The molecule has 0 aromatic heterocycles. The maximum atomic E-state index is 5.81. The van der Waals surface area contributed by atoms with Crippen LogP contribution in [-0.2, 0) is 4.74 Å². The third-order valence-corrected chi connectivity index (χ3v) is 3.08. The molecule has 1 fully saturated rings. The molecule has 1 heterocycles. The van der Waals surface area contributed by atoms with E-state index in [-0.39, 0.29) is 6.10 Å². The van der Waals surface area contributed by atoms with Crippen molar-refractivity contribution in [2.45, 2.75) is 45.4 Å². The molecule has 0 radical (unpaired) electrons. The average Bonchev–Trinajstić information content (AvgIpc) is 2.15. The topological polar surface area (TPSA) is 12.5 Å². The highest BCUT2D eigenvalue weighted by Crippen LogP contribution is 2.15. The summed E-state index contributed by atoms with van der Waals surface area (Å²) in [7, 11) is 0. The van der Waals surface area contributed by atoms with Gasteiger partial charge in [0.1, 0.15) is 0 Å². The zero-order chi connectivity index (χ0) is 9.84. The van der Waals surface area contributed by atoms with Crippen LogP contribution in [0.2, 0.25) is 0 Å². The summed E-state index contributed by atoms with van der Waals surface area (Å²) in [6.07, 6.45) is 1.74. The van der Waals surface area contributed by atoms with E-state index in [2.05, 4.69) is 25.7 Å². The van der Waals surface area contributed by atoms with Gasteiger partial charge in [-0.15, -0.1) is 11.6 Å². The third-order valence-electron chi connectivity index (χ3n) is 2.74. The van der Waals surface area contributed by atoms with Crippen LogP contribution in [-0.4, -0.2) is 42.1 Å². The van der Waals surface area contributed by atoms with Gasteiger partial charge in [-0.05, 0) is 20.3 Å². The normalized spacial score (nSPS) is 33.2. The zero-order valence-electron chi connectivity index (χ0n) is 8.79. The lowest BCUT2D eigenvalue weighted by atomic mass is 10.1. The third kappa shape index (κ3) is 3.12. The quantitative estimate of drug-likeness (QED) is 0.655. The highest BCUT2D eigenvalue weighted by Gasteiger charge is 2.26. The summed E-state index contributed by atoms with van der Waals surface area (Å²) in [5.41, 5.74) is 0. The average molecular weight is 206 g/mol. The molecule has 1 rings (SSSR count). The van der Waals surface area contributed by atoms with Crippen LogP contribution in [0.25, 0.3) is 0 Å². The Morgan fingerprint density at radius 3 is 2.77 bits per heavy atom. The van der Waals surface area contributed by atoms with Crippen molar-refractivity contribution >= 4 is 11.6 Å². The Kier molecular flexibility index (Phi) is 4.50. The second-order valence-electron chi connectivity index (χ2n) is 3.93. The number of nitrogens with zero attached hydrogens (tertiary/aromatic N) is 1. The van der Waals surface area contributed by atoms with E-state index in [4.69, 9.17) is 16.3 Å².